The van der Waals surface area contributed by atoms with Crippen LogP contribution in [0.25, 0.3) is 0 Å². The molecule has 1 amide bonds. The zero-order chi connectivity index (χ0) is 13.1. The number of carbonyl (C=O) groups is 1. The zero-order valence-corrected chi connectivity index (χ0v) is 12.0. The summed E-state index contributed by atoms with van der Waals surface area (Å²) >= 11 is 3.39. The van der Waals surface area contributed by atoms with Gasteiger partial charge in [0.25, 0.3) is 0 Å². The van der Waals surface area contributed by atoms with Gasteiger partial charge in [-0.15, -0.1) is 0 Å². The van der Waals surface area contributed by atoms with Crippen LogP contribution in [0.4, 0.5) is 0 Å². The highest BCUT2D eigenvalue weighted by atomic mass is 79.9. The second kappa shape index (κ2) is 5.65. The van der Waals surface area contributed by atoms with Crippen LogP contribution in [-0.2, 0) is 11.2 Å². The number of halogens is 1. The van der Waals surface area contributed by atoms with Crippen LogP contribution in [0.15, 0.2) is 28.7 Å². The smallest absolute Gasteiger partial charge is 0.237 e. The van der Waals surface area contributed by atoms with Gasteiger partial charge in [-0.1, -0.05) is 28.1 Å². The van der Waals surface area contributed by atoms with Crippen molar-refractivity contribution in [3.63, 3.8) is 0 Å². The maximum atomic E-state index is 11.6. The first-order valence-electron chi connectivity index (χ1n) is 5.65. The van der Waals surface area contributed by atoms with E-state index in [2.05, 4.69) is 21.2 Å². The highest BCUT2D eigenvalue weighted by Gasteiger charge is 2.31. The monoisotopic (exact) mass is 298 g/mol. The first-order chi connectivity index (χ1) is 7.83. The Bertz CT molecular complexity index is 389. The highest BCUT2D eigenvalue weighted by Crippen LogP contribution is 2.17. The minimum Gasteiger partial charge on any atom is -0.368 e. The van der Waals surface area contributed by atoms with Gasteiger partial charge >= 0.3 is 0 Å². The molecule has 0 fully saturated rings. The number of nitrogens with two attached hydrogens (primary N) is 1. The first kappa shape index (κ1) is 14.2. The molecule has 0 aliphatic rings. The van der Waals surface area contributed by atoms with Crippen LogP contribution in [0.2, 0.25) is 0 Å². The minimum absolute atomic E-state index is 0.211. The van der Waals surface area contributed by atoms with Crippen molar-refractivity contribution in [2.45, 2.75) is 38.8 Å². The first-order valence-corrected chi connectivity index (χ1v) is 6.45. The SMILES string of the molecule is CC(C)NC(C)(Cc1ccc(Br)cc1)C(N)=O. The van der Waals surface area contributed by atoms with E-state index in [0.717, 1.165) is 10.0 Å². The largest absolute Gasteiger partial charge is 0.368 e. The number of rotatable bonds is 5. The molecular weight excluding hydrogens is 280 g/mol. The lowest BCUT2D eigenvalue weighted by molar-refractivity contribution is -0.124. The van der Waals surface area contributed by atoms with Crippen LogP contribution in [0.3, 0.4) is 0 Å². The molecular formula is C13H19BrN2O. The summed E-state index contributed by atoms with van der Waals surface area (Å²) in [6.45, 7) is 5.85. The molecule has 1 aromatic rings. The Hall–Kier alpha value is -0.870. The van der Waals surface area contributed by atoms with E-state index in [0.29, 0.717) is 6.42 Å². The number of hydrogen-bond acceptors (Lipinski definition) is 2. The highest BCUT2D eigenvalue weighted by molar-refractivity contribution is 9.10. The van der Waals surface area contributed by atoms with E-state index in [1.54, 1.807) is 0 Å². The van der Waals surface area contributed by atoms with Gasteiger partial charge in [-0.2, -0.15) is 0 Å². The Morgan fingerprint density at radius 3 is 2.35 bits per heavy atom. The molecule has 3 nitrogen and oxygen atoms in total. The summed E-state index contributed by atoms with van der Waals surface area (Å²) in [5.41, 5.74) is 5.87. The van der Waals surface area contributed by atoms with Gasteiger partial charge in [0.2, 0.25) is 5.91 Å². The quantitative estimate of drug-likeness (QED) is 0.876. The molecule has 0 aromatic heterocycles. The van der Waals surface area contributed by atoms with Crippen LogP contribution in [0, 0.1) is 0 Å². The molecule has 0 aliphatic heterocycles. The van der Waals surface area contributed by atoms with Crippen LogP contribution >= 0.6 is 15.9 Å². The van der Waals surface area contributed by atoms with Gasteiger partial charge in [0.15, 0.2) is 0 Å². The van der Waals surface area contributed by atoms with Crippen molar-refractivity contribution >= 4 is 21.8 Å². The predicted molar refractivity (Wildman–Crippen MR) is 73.7 cm³/mol. The number of amides is 1. The molecule has 1 atom stereocenters. The summed E-state index contributed by atoms with van der Waals surface area (Å²) < 4.78 is 1.03. The Kier molecular flexibility index (Phi) is 4.71. The summed E-state index contributed by atoms with van der Waals surface area (Å²) in [5, 5.41) is 3.23. The lowest BCUT2D eigenvalue weighted by atomic mass is 9.91. The van der Waals surface area contributed by atoms with Gasteiger partial charge in [-0.05, 0) is 44.9 Å². The number of nitrogens with one attached hydrogen (secondary N) is 1. The molecule has 0 aliphatic carbocycles. The summed E-state index contributed by atoms with van der Waals surface area (Å²) in [7, 11) is 0. The fourth-order valence-electron chi connectivity index (χ4n) is 1.86. The Labute approximate surface area is 111 Å². The molecule has 1 aromatic carbocycles. The van der Waals surface area contributed by atoms with Gasteiger partial charge in [0.05, 0.1) is 5.54 Å². The number of hydrogen-bond donors (Lipinski definition) is 2. The van der Waals surface area contributed by atoms with Crippen molar-refractivity contribution in [2.75, 3.05) is 0 Å². The second-order valence-electron chi connectivity index (χ2n) is 4.80. The lowest BCUT2D eigenvalue weighted by Crippen LogP contribution is -2.56. The normalized spacial score (nSPS) is 14.6. The fraction of sp³-hybridized carbons (Fsp3) is 0.462. The van der Waals surface area contributed by atoms with Crippen molar-refractivity contribution < 1.29 is 4.79 Å². The van der Waals surface area contributed by atoms with Crippen molar-refractivity contribution in [3.8, 4) is 0 Å². The fourth-order valence-corrected chi connectivity index (χ4v) is 2.12. The third-order valence-electron chi connectivity index (χ3n) is 2.62. The molecule has 0 bridgehead atoms. The topological polar surface area (TPSA) is 55.1 Å². The molecule has 1 unspecified atom stereocenters. The van der Waals surface area contributed by atoms with Gasteiger partial charge in [-0.3, -0.25) is 4.79 Å². The molecule has 0 spiro atoms. The summed E-state index contributed by atoms with van der Waals surface area (Å²) in [6.07, 6.45) is 0.591. The lowest BCUT2D eigenvalue weighted by Gasteiger charge is -2.30. The van der Waals surface area contributed by atoms with Crippen LogP contribution in [-0.4, -0.2) is 17.5 Å². The zero-order valence-electron chi connectivity index (χ0n) is 10.5. The van der Waals surface area contributed by atoms with E-state index in [9.17, 15) is 4.79 Å². The second-order valence-corrected chi connectivity index (χ2v) is 5.71. The van der Waals surface area contributed by atoms with Crippen LogP contribution in [0.5, 0.6) is 0 Å². The Morgan fingerprint density at radius 2 is 1.94 bits per heavy atom. The molecule has 0 saturated carbocycles. The number of benzene rings is 1. The maximum Gasteiger partial charge on any atom is 0.237 e. The molecule has 94 valence electrons. The predicted octanol–water partition coefficient (Wildman–Crippen LogP) is 2.23. The molecule has 3 N–H and O–H groups in total. The van der Waals surface area contributed by atoms with Gasteiger partial charge in [0.1, 0.15) is 0 Å². The summed E-state index contributed by atoms with van der Waals surface area (Å²) in [6, 6.07) is 8.13. The molecule has 0 saturated heterocycles. The van der Waals surface area contributed by atoms with Crippen molar-refractivity contribution in [3.05, 3.63) is 34.3 Å². The molecule has 0 heterocycles. The van der Waals surface area contributed by atoms with Crippen molar-refractivity contribution in [1.82, 2.24) is 5.32 Å². The minimum atomic E-state index is -0.706. The molecule has 17 heavy (non-hydrogen) atoms. The van der Waals surface area contributed by atoms with E-state index < -0.39 is 5.54 Å². The number of carbonyl (C=O) groups excluding carboxylic acids is 1. The van der Waals surface area contributed by atoms with E-state index in [1.165, 1.54) is 0 Å². The van der Waals surface area contributed by atoms with Gasteiger partial charge < -0.3 is 11.1 Å². The number of primary amides is 1. The average molecular weight is 299 g/mol. The van der Waals surface area contributed by atoms with E-state index in [4.69, 9.17) is 5.73 Å². The van der Waals surface area contributed by atoms with Gasteiger partial charge in [-0.25, -0.2) is 0 Å². The average Bonchev–Trinajstić information content (AvgIpc) is 2.20. The maximum absolute atomic E-state index is 11.6. The standard InChI is InChI=1S/C13H19BrN2O/c1-9(2)16-13(3,12(15)17)8-10-4-6-11(14)7-5-10/h4-7,9,16H,8H2,1-3H3,(H2,15,17). The molecule has 0 radical (unpaired) electrons. The third-order valence-corrected chi connectivity index (χ3v) is 3.15. The van der Waals surface area contributed by atoms with Crippen molar-refractivity contribution in [2.24, 2.45) is 5.73 Å². The summed E-state index contributed by atoms with van der Waals surface area (Å²) in [5.74, 6) is -0.325. The Morgan fingerprint density at radius 1 is 1.41 bits per heavy atom. The molecule has 4 heteroatoms. The van der Waals surface area contributed by atoms with E-state index in [-0.39, 0.29) is 11.9 Å². The van der Waals surface area contributed by atoms with E-state index >= 15 is 0 Å². The van der Waals surface area contributed by atoms with Crippen molar-refractivity contribution in [1.29, 1.82) is 0 Å². The summed E-state index contributed by atoms with van der Waals surface area (Å²) in [4.78, 5) is 11.6. The van der Waals surface area contributed by atoms with Crippen LogP contribution < -0.4 is 11.1 Å². The molecule has 1 rings (SSSR count). The van der Waals surface area contributed by atoms with Crippen LogP contribution in [0.1, 0.15) is 26.3 Å². The van der Waals surface area contributed by atoms with Gasteiger partial charge in [0, 0.05) is 10.5 Å². The third kappa shape index (κ3) is 4.13. The van der Waals surface area contributed by atoms with E-state index in [1.807, 2.05) is 45.0 Å². The Balaban J connectivity index is 2.86.